The van der Waals surface area contributed by atoms with Crippen LogP contribution in [-0.4, -0.2) is 14.5 Å². The lowest BCUT2D eigenvalue weighted by atomic mass is 10.1. The van der Waals surface area contributed by atoms with Crippen molar-refractivity contribution in [3.8, 4) is 11.3 Å². The van der Waals surface area contributed by atoms with E-state index in [0.717, 1.165) is 16.8 Å². The third-order valence-corrected chi connectivity index (χ3v) is 3.07. The first-order valence-corrected chi connectivity index (χ1v) is 6.34. The lowest BCUT2D eigenvalue weighted by molar-refractivity contribution is 0.769. The molecule has 0 amide bonds. The zero-order valence-electron chi connectivity index (χ0n) is 10.8. The quantitative estimate of drug-likeness (QED) is 0.728. The second kappa shape index (κ2) is 5.48. The number of rotatable bonds is 3. The fourth-order valence-corrected chi connectivity index (χ4v) is 2.10. The van der Waals surface area contributed by atoms with Gasteiger partial charge < -0.3 is 4.57 Å². The second-order valence-electron chi connectivity index (χ2n) is 4.46. The molecule has 2 aromatic heterocycles. The van der Waals surface area contributed by atoms with Crippen LogP contribution in [0.3, 0.4) is 0 Å². The lowest BCUT2D eigenvalue weighted by Crippen LogP contribution is -2.13. The molecule has 1 aromatic carbocycles. The Balaban J connectivity index is 2.05. The number of pyridine rings is 1. The maximum atomic E-state index is 11.5. The molecule has 0 spiro atoms. The van der Waals surface area contributed by atoms with Gasteiger partial charge in [0.2, 0.25) is 0 Å². The Morgan fingerprint density at radius 3 is 2.50 bits per heavy atom. The summed E-state index contributed by atoms with van der Waals surface area (Å²) < 4.78 is 1.96. The van der Waals surface area contributed by atoms with Crippen molar-refractivity contribution in [1.29, 1.82) is 0 Å². The highest BCUT2D eigenvalue weighted by atomic mass is 16.1. The van der Waals surface area contributed by atoms with Gasteiger partial charge in [-0.25, -0.2) is 0 Å². The van der Waals surface area contributed by atoms with Crippen molar-refractivity contribution in [1.82, 2.24) is 14.5 Å². The van der Waals surface area contributed by atoms with Gasteiger partial charge in [-0.05, 0) is 17.7 Å². The maximum Gasteiger partial charge on any atom is 0.273 e. The van der Waals surface area contributed by atoms with Crippen LogP contribution in [0.4, 0.5) is 0 Å². The van der Waals surface area contributed by atoms with Gasteiger partial charge >= 0.3 is 0 Å². The van der Waals surface area contributed by atoms with Gasteiger partial charge in [0.15, 0.2) is 0 Å². The van der Waals surface area contributed by atoms with Gasteiger partial charge in [-0.2, -0.15) is 4.98 Å². The first kappa shape index (κ1) is 12.3. The van der Waals surface area contributed by atoms with E-state index in [4.69, 9.17) is 0 Å². The highest BCUT2D eigenvalue weighted by molar-refractivity contribution is 5.58. The fourth-order valence-electron chi connectivity index (χ4n) is 2.10. The van der Waals surface area contributed by atoms with E-state index in [9.17, 15) is 4.79 Å². The van der Waals surface area contributed by atoms with E-state index in [-0.39, 0.29) is 5.56 Å². The summed E-state index contributed by atoms with van der Waals surface area (Å²) in [5, 5.41) is 0. The number of nitrogens with zero attached hydrogens (tertiary/aromatic N) is 3. The van der Waals surface area contributed by atoms with Crippen LogP contribution in [0, 0.1) is 0 Å². The monoisotopic (exact) mass is 263 g/mol. The van der Waals surface area contributed by atoms with Crippen LogP contribution in [0.2, 0.25) is 0 Å². The summed E-state index contributed by atoms with van der Waals surface area (Å²) in [6, 6.07) is 15.4. The Hall–Kier alpha value is -2.75. The summed E-state index contributed by atoms with van der Waals surface area (Å²) in [6.45, 7) is 0.672. The van der Waals surface area contributed by atoms with E-state index >= 15 is 0 Å². The summed E-state index contributed by atoms with van der Waals surface area (Å²) in [6.07, 6.45) is 5.02. The molecule has 0 atom stereocenters. The average molecular weight is 263 g/mol. The van der Waals surface area contributed by atoms with Crippen molar-refractivity contribution in [3.63, 3.8) is 0 Å². The van der Waals surface area contributed by atoms with Crippen LogP contribution < -0.4 is 5.56 Å². The van der Waals surface area contributed by atoms with Gasteiger partial charge in [0.05, 0.1) is 12.0 Å². The molecule has 0 fully saturated rings. The smallest absolute Gasteiger partial charge is 0.273 e. The number of benzene rings is 1. The molecule has 3 aromatic rings. The summed E-state index contributed by atoms with van der Waals surface area (Å²) in [4.78, 5) is 19.4. The number of hydrogen-bond donors (Lipinski definition) is 0. The minimum Gasteiger partial charge on any atom is -0.327 e. The van der Waals surface area contributed by atoms with Crippen molar-refractivity contribution < 1.29 is 0 Å². The molecule has 4 heteroatoms. The molecular weight excluding hydrogens is 250 g/mol. The predicted molar refractivity (Wildman–Crippen MR) is 77.3 cm³/mol. The van der Waals surface area contributed by atoms with Crippen molar-refractivity contribution in [2.45, 2.75) is 6.54 Å². The molecule has 3 rings (SSSR count). The standard InChI is InChI=1S/C16H13N3O/c20-16-10-15(14-6-8-17-9-7-14)19(12-18-16)11-13-4-2-1-3-5-13/h1-10,12H,11H2. The second-order valence-corrected chi connectivity index (χ2v) is 4.46. The van der Waals surface area contributed by atoms with E-state index in [1.165, 1.54) is 0 Å². The molecule has 0 unspecified atom stereocenters. The van der Waals surface area contributed by atoms with Crippen LogP contribution >= 0.6 is 0 Å². The molecule has 0 N–H and O–H groups in total. The molecule has 0 aliphatic carbocycles. The molecular formula is C16H13N3O. The SMILES string of the molecule is O=c1cc(-c2ccncc2)n(Cc2ccccc2)cn1. The molecule has 0 radical (unpaired) electrons. The van der Waals surface area contributed by atoms with Gasteiger partial charge in [-0.3, -0.25) is 9.78 Å². The Morgan fingerprint density at radius 1 is 1.00 bits per heavy atom. The molecule has 4 nitrogen and oxygen atoms in total. The van der Waals surface area contributed by atoms with Crippen LogP contribution in [0.15, 0.2) is 72.0 Å². The zero-order chi connectivity index (χ0) is 13.8. The molecule has 0 aliphatic heterocycles. The molecule has 0 saturated heterocycles. The summed E-state index contributed by atoms with van der Waals surface area (Å²) >= 11 is 0. The third-order valence-electron chi connectivity index (χ3n) is 3.07. The van der Waals surface area contributed by atoms with Gasteiger partial charge in [0.1, 0.15) is 0 Å². The Morgan fingerprint density at radius 2 is 1.75 bits per heavy atom. The third kappa shape index (κ3) is 2.64. The Labute approximate surface area is 116 Å². The molecule has 0 aliphatic rings. The van der Waals surface area contributed by atoms with Crippen LogP contribution in [0.1, 0.15) is 5.56 Å². The topological polar surface area (TPSA) is 47.8 Å². The minimum atomic E-state index is -0.235. The summed E-state index contributed by atoms with van der Waals surface area (Å²) in [5.41, 5.74) is 2.72. The zero-order valence-corrected chi connectivity index (χ0v) is 10.8. The molecule has 20 heavy (non-hydrogen) atoms. The first-order valence-electron chi connectivity index (χ1n) is 6.34. The first-order chi connectivity index (χ1) is 9.83. The van der Waals surface area contributed by atoms with E-state index in [0.29, 0.717) is 6.54 Å². The highest BCUT2D eigenvalue weighted by Crippen LogP contribution is 2.17. The molecule has 0 saturated carbocycles. The van der Waals surface area contributed by atoms with Crippen LogP contribution in [-0.2, 0) is 6.54 Å². The summed E-state index contributed by atoms with van der Waals surface area (Å²) in [7, 11) is 0. The lowest BCUT2D eigenvalue weighted by Gasteiger charge is -2.12. The predicted octanol–water partition coefficient (Wildman–Crippen LogP) is 2.35. The van der Waals surface area contributed by atoms with Crippen molar-refractivity contribution >= 4 is 0 Å². The maximum absolute atomic E-state index is 11.5. The normalized spacial score (nSPS) is 10.4. The van der Waals surface area contributed by atoms with E-state index in [1.54, 1.807) is 24.8 Å². The van der Waals surface area contributed by atoms with Gasteiger partial charge in [0.25, 0.3) is 5.56 Å². The van der Waals surface area contributed by atoms with Crippen molar-refractivity contribution in [2.75, 3.05) is 0 Å². The molecule has 0 bridgehead atoms. The summed E-state index contributed by atoms with van der Waals surface area (Å²) in [5.74, 6) is 0. The van der Waals surface area contributed by atoms with Gasteiger partial charge in [0, 0.05) is 30.6 Å². The Bertz CT molecular complexity index is 751. The fraction of sp³-hybridized carbons (Fsp3) is 0.0625. The van der Waals surface area contributed by atoms with Crippen molar-refractivity contribution in [3.05, 3.63) is 83.2 Å². The van der Waals surface area contributed by atoms with Gasteiger partial charge in [-0.1, -0.05) is 30.3 Å². The van der Waals surface area contributed by atoms with Crippen molar-refractivity contribution in [2.24, 2.45) is 0 Å². The molecule has 98 valence electrons. The van der Waals surface area contributed by atoms with Crippen LogP contribution in [0.5, 0.6) is 0 Å². The number of hydrogen-bond acceptors (Lipinski definition) is 3. The van der Waals surface area contributed by atoms with Crippen LogP contribution in [0.25, 0.3) is 11.3 Å². The van der Waals surface area contributed by atoms with Gasteiger partial charge in [-0.15, -0.1) is 0 Å². The van der Waals surface area contributed by atoms with E-state index in [1.807, 2.05) is 34.9 Å². The average Bonchev–Trinajstić information content (AvgIpc) is 2.51. The highest BCUT2D eigenvalue weighted by Gasteiger charge is 2.05. The largest absolute Gasteiger partial charge is 0.327 e. The molecule has 2 heterocycles. The van der Waals surface area contributed by atoms with E-state index in [2.05, 4.69) is 22.1 Å². The van der Waals surface area contributed by atoms with E-state index < -0.39 is 0 Å². The minimum absolute atomic E-state index is 0.235. The number of aromatic nitrogens is 3. The Kier molecular flexibility index (Phi) is 3.37.